The van der Waals surface area contributed by atoms with Crippen LogP contribution < -0.4 is 5.32 Å². The number of benzene rings is 1. The number of rotatable bonds is 4. The number of aromatic amines is 1. The van der Waals surface area contributed by atoms with Crippen molar-refractivity contribution in [3.8, 4) is 0 Å². The van der Waals surface area contributed by atoms with E-state index in [0.717, 1.165) is 11.1 Å². The maximum atomic E-state index is 13.7. The fraction of sp³-hybridized carbons (Fsp3) is 0.391. The molecule has 1 fully saturated rings. The van der Waals surface area contributed by atoms with E-state index in [4.69, 9.17) is 0 Å². The fourth-order valence-corrected chi connectivity index (χ4v) is 4.53. The Hall–Kier alpha value is -2.87. The van der Waals surface area contributed by atoms with Gasteiger partial charge in [-0.25, -0.2) is 4.98 Å². The summed E-state index contributed by atoms with van der Waals surface area (Å²) >= 11 is 0. The maximum absolute atomic E-state index is 13.7. The average Bonchev–Trinajstić information content (AvgIpc) is 3.08. The largest absolute Gasteiger partial charge is 0.431 e. The highest BCUT2D eigenvalue weighted by Crippen LogP contribution is 2.38. The number of H-pyrrole nitrogens is 1. The minimum absolute atomic E-state index is 0.116. The number of hydrogen-bond acceptors (Lipinski definition) is 3. The Morgan fingerprint density at radius 2 is 1.90 bits per heavy atom. The quantitative estimate of drug-likeness (QED) is 0.640. The van der Waals surface area contributed by atoms with Crippen LogP contribution in [0.1, 0.15) is 42.1 Å². The number of likely N-dealkylation sites (tertiary alicyclic amines) is 1. The molecule has 0 bridgehead atoms. The molecule has 0 saturated carbocycles. The van der Waals surface area contributed by atoms with Crippen molar-refractivity contribution < 1.29 is 18.0 Å². The number of fused-ring (bicyclic) bond motifs is 1. The van der Waals surface area contributed by atoms with Crippen LogP contribution in [0.25, 0.3) is 11.0 Å². The zero-order chi connectivity index (χ0) is 22.2. The lowest BCUT2D eigenvalue weighted by atomic mass is 9.80. The number of alkyl halides is 3. The predicted molar refractivity (Wildman–Crippen MR) is 112 cm³/mol. The van der Waals surface area contributed by atoms with E-state index in [0.29, 0.717) is 31.3 Å². The highest BCUT2D eigenvalue weighted by molar-refractivity contribution is 5.82. The van der Waals surface area contributed by atoms with Crippen molar-refractivity contribution in [2.24, 2.45) is 0 Å². The van der Waals surface area contributed by atoms with E-state index >= 15 is 0 Å². The van der Waals surface area contributed by atoms with Crippen LogP contribution in [0.15, 0.2) is 42.6 Å². The van der Waals surface area contributed by atoms with Crippen LogP contribution in [-0.4, -0.2) is 33.9 Å². The van der Waals surface area contributed by atoms with Gasteiger partial charge < -0.3 is 10.3 Å². The Labute approximate surface area is 178 Å². The molecule has 8 heteroatoms. The number of pyridine rings is 1. The number of aryl methyl sites for hydroxylation is 1. The molecule has 5 nitrogen and oxygen atoms in total. The molecular formula is C23H25F3N4O. The number of halogens is 3. The van der Waals surface area contributed by atoms with Crippen LogP contribution in [0.2, 0.25) is 0 Å². The third-order valence-electron chi connectivity index (χ3n) is 6.01. The lowest BCUT2D eigenvalue weighted by Gasteiger charge is -2.42. The number of nitrogens with one attached hydrogen (secondary N) is 2. The van der Waals surface area contributed by atoms with Crippen molar-refractivity contribution in [3.63, 3.8) is 0 Å². The average molecular weight is 430 g/mol. The van der Waals surface area contributed by atoms with E-state index in [2.05, 4.69) is 15.3 Å². The van der Waals surface area contributed by atoms with E-state index in [-0.39, 0.29) is 23.7 Å². The molecule has 0 atom stereocenters. The highest BCUT2D eigenvalue weighted by Gasteiger charge is 2.40. The van der Waals surface area contributed by atoms with Crippen molar-refractivity contribution >= 4 is 16.9 Å². The SMILES string of the molecule is CC(=O)NC1(c2ccccc2)CCN(Cc2c(C(F)(F)F)[nH]c3ncc(C)cc23)CC1. The monoisotopic (exact) mass is 430 g/mol. The van der Waals surface area contributed by atoms with Crippen LogP contribution in [0.4, 0.5) is 13.2 Å². The number of carbonyl (C=O) groups is 1. The summed E-state index contributed by atoms with van der Waals surface area (Å²) in [6.45, 7) is 4.62. The molecule has 1 aromatic carbocycles. The molecule has 1 saturated heterocycles. The first-order chi connectivity index (χ1) is 14.7. The summed E-state index contributed by atoms with van der Waals surface area (Å²) in [7, 11) is 0. The Bertz CT molecular complexity index is 1080. The molecule has 0 aliphatic carbocycles. The normalized spacial score (nSPS) is 17.1. The number of amides is 1. The van der Waals surface area contributed by atoms with Crippen molar-refractivity contribution in [2.45, 2.75) is 44.9 Å². The number of piperidine rings is 1. The predicted octanol–water partition coefficient (Wildman–Crippen LogP) is 4.52. The summed E-state index contributed by atoms with van der Waals surface area (Å²) < 4.78 is 41.1. The van der Waals surface area contributed by atoms with E-state index in [1.54, 1.807) is 12.3 Å². The van der Waals surface area contributed by atoms with Gasteiger partial charge in [-0.05, 0) is 37.0 Å². The van der Waals surface area contributed by atoms with Gasteiger partial charge in [0.1, 0.15) is 11.3 Å². The molecule has 3 heterocycles. The lowest BCUT2D eigenvalue weighted by Crippen LogP contribution is -2.52. The summed E-state index contributed by atoms with van der Waals surface area (Å²) in [5.74, 6) is -0.116. The molecule has 4 rings (SSSR count). The zero-order valence-electron chi connectivity index (χ0n) is 17.5. The molecule has 164 valence electrons. The number of hydrogen-bond donors (Lipinski definition) is 2. The Morgan fingerprint density at radius 3 is 2.52 bits per heavy atom. The standard InChI is InChI=1S/C23H25F3N4O/c1-15-12-18-19(20(23(24,25)26)28-21(18)27-13-15)14-30-10-8-22(9-11-30,29-16(2)31)17-6-4-3-5-7-17/h3-7,12-13H,8-11,14H2,1-2H3,(H,27,28)(H,29,31). The molecule has 3 aromatic rings. The molecule has 31 heavy (non-hydrogen) atoms. The molecule has 2 N–H and O–H groups in total. The van der Waals surface area contributed by atoms with Gasteiger partial charge in [-0.1, -0.05) is 30.3 Å². The third kappa shape index (κ3) is 4.30. The number of nitrogens with zero attached hydrogens (tertiary/aromatic N) is 2. The first kappa shape index (κ1) is 21.4. The van der Waals surface area contributed by atoms with E-state index in [9.17, 15) is 18.0 Å². The Balaban J connectivity index is 1.61. The molecular weight excluding hydrogens is 405 g/mol. The molecule has 0 radical (unpaired) electrons. The van der Waals surface area contributed by atoms with Gasteiger partial charge in [0.2, 0.25) is 5.91 Å². The van der Waals surface area contributed by atoms with Crippen LogP contribution in [0.5, 0.6) is 0 Å². The van der Waals surface area contributed by atoms with Crippen molar-refractivity contribution in [1.82, 2.24) is 20.2 Å². The van der Waals surface area contributed by atoms with E-state index < -0.39 is 17.4 Å². The van der Waals surface area contributed by atoms with Crippen molar-refractivity contribution in [3.05, 3.63) is 65.0 Å². The van der Waals surface area contributed by atoms with Gasteiger partial charge in [-0.2, -0.15) is 13.2 Å². The lowest BCUT2D eigenvalue weighted by molar-refractivity contribution is -0.141. The summed E-state index contributed by atoms with van der Waals surface area (Å²) in [5.41, 5.74) is 1.07. The van der Waals surface area contributed by atoms with Gasteiger partial charge in [0, 0.05) is 43.7 Å². The number of carbonyl (C=O) groups excluding carboxylic acids is 1. The molecule has 0 spiro atoms. The van der Waals surface area contributed by atoms with Gasteiger partial charge >= 0.3 is 6.18 Å². The second-order valence-corrected chi connectivity index (χ2v) is 8.29. The van der Waals surface area contributed by atoms with E-state index in [1.165, 1.54) is 6.92 Å². The molecule has 1 amide bonds. The molecule has 2 aromatic heterocycles. The van der Waals surface area contributed by atoms with Gasteiger partial charge in [-0.3, -0.25) is 9.69 Å². The Kier molecular flexibility index (Phi) is 5.51. The van der Waals surface area contributed by atoms with Gasteiger partial charge in [0.25, 0.3) is 0 Å². The van der Waals surface area contributed by atoms with E-state index in [1.807, 2.05) is 42.2 Å². The summed E-state index contributed by atoms with van der Waals surface area (Å²) in [4.78, 5) is 20.5. The number of aromatic nitrogens is 2. The third-order valence-corrected chi connectivity index (χ3v) is 6.01. The topological polar surface area (TPSA) is 61.0 Å². The van der Waals surface area contributed by atoms with Crippen molar-refractivity contribution in [1.29, 1.82) is 0 Å². The zero-order valence-corrected chi connectivity index (χ0v) is 17.5. The molecule has 0 unspecified atom stereocenters. The minimum Gasteiger partial charge on any atom is -0.347 e. The van der Waals surface area contributed by atoms with Crippen LogP contribution in [-0.2, 0) is 23.1 Å². The summed E-state index contributed by atoms with van der Waals surface area (Å²) in [6.07, 6.45) is -1.68. The Morgan fingerprint density at radius 1 is 1.23 bits per heavy atom. The van der Waals surface area contributed by atoms with Crippen LogP contribution >= 0.6 is 0 Å². The second-order valence-electron chi connectivity index (χ2n) is 8.29. The summed E-state index contributed by atoms with van der Waals surface area (Å²) in [6, 6.07) is 11.5. The smallest absolute Gasteiger partial charge is 0.347 e. The van der Waals surface area contributed by atoms with Crippen LogP contribution in [0, 0.1) is 6.92 Å². The van der Waals surface area contributed by atoms with Gasteiger partial charge in [-0.15, -0.1) is 0 Å². The van der Waals surface area contributed by atoms with Crippen molar-refractivity contribution in [2.75, 3.05) is 13.1 Å². The highest BCUT2D eigenvalue weighted by atomic mass is 19.4. The molecule has 1 aliphatic rings. The molecule has 1 aliphatic heterocycles. The summed E-state index contributed by atoms with van der Waals surface area (Å²) in [5, 5.41) is 3.61. The van der Waals surface area contributed by atoms with Crippen LogP contribution in [0.3, 0.4) is 0 Å². The first-order valence-electron chi connectivity index (χ1n) is 10.3. The first-order valence-corrected chi connectivity index (χ1v) is 10.3. The fourth-order valence-electron chi connectivity index (χ4n) is 4.53. The second kappa shape index (κ2) is 8.00. The van der Waals surface area contributed by atoms with Gasteiger partial charge in [0.15, 0.2) is 0 Å². The minimum atomic E-state index is -4.48. The van der Waals surface area contributed by atoms with Gasteiger partial charge in [0.05, 0.1) is 5.54 Å². The maximum Gasteiger partial charge on any atom is 0.431 e.